The van der Waals surface area contributed by atoms with Crippen LogP contribution in [0.25, 0.3) is 0 Å². The number of aryl methyl sites for hydroxylation is 1. The Morgan fingerprint density at radius 3 is 2.27 bits per heavy atom. The minimum Gasteiger partial charge on any atom is -0.381 e. The molecule has 2 aromatic rings. The molecule has 0 aliphatic rings. The first-order valence-corrected chi connectivity index (χ1v) is 7.50. The predicted octanol–water partition coefficient (Wildman–Crippen LogP) is 4.14. The zero-order valence-corrected chi connectivity index (χ0v) is 13.3. The van der Waals surface area contributed by atoms with E-state index in [0.29, 0.717) is 0 Å². The first kappa shape index (κ1) is 15.9. The zero-order chi connectivity index (χ0) is 15.9. The van der Waals surface area contributed by atoms with Crippen LogP contribution in [0, 0.1) is 6.92 Å². The van der Waals surface area contributed by atoms with Gasteiger partial charge >= 0.3 is 6.03 Å². The van der Waals surface area contributed by atoms with Gasteiger partial charge in [0.15, 0.2) is 0 Å². The topological polar surface area (TPSA) is 53.2 Å². The number of hydrogen-bond acceptors (Lipinski definition) is 2. The molecule has 0 aliphatic heterocycles. The van der Waals surface area contributed by atoms with Crippen LogP contribution in [0.2, 0.25) is 0 Å². The van der Waals surface area contributed by atoms with Gasteiger partial charge in [0.25, 0.3) is 0 Å². The van der Waals surface area contributed by atoms with Crippen molar-refractivity contribution >= 4 is 17.4 Å². The van der Waals surface area contributed by atoms with E-state index < -0.39 is 0 Å². The molecular weight excluding hydrogens is 274 g/mol. The molecule has 0 aliphatic carbocycles. The molecule has 22 heavy (non-hydrogen) atoms. The highest BCUT2D eigenvalue weighted by Crippen LogP contribution is 2.15. The van der Waals surface area contributed by atoms with E-state index in [9.17, 15) is 4.79 Å². The average molecular weight is 297 g/mol. The fourth-order valence-electron chi connectivity index (χ4n) is 2.11. The Labute approximate surface area is 131 Å². The van der Waals surface area contributed by atoms with Crippen LogP contribution < -0.4 is 16.0 Å². The van der Waals surface area contributed by atoms with Crippen molar-refractivity contribution in [2.45, 2.75) is 33.4 Å². The molecule has 0 aromatic heterocycles. The lowest BCUT2D eigenvalue weighted by atomic mass is 10.1. The third kappa shape index (κ3) is 4.81. The van der Waals surface area contributed by atoms with Crippen molar-refractivity contribution in [3.8, 4) is 0 Å². The van der Waals surface area contributed by atoms with Crippen LogP contribution in [0.1, 0.15) is 25.0 Å². The Morgan fingerprint density at radius 2 is 1.64 bits per heavy atom. The van der Waals surface area contributed by atoms with E-state index in [0.717, 1.165) is 17.9 Å². The molecule has 0 fully saturated rings. The van der Waals surface area contributed by atoms with Gasteiger partial charge in [0.2, 0.25) is 0 Å². The first-order valence-electron chi connectivity index (χ1n) is 7.50. The number of anilines is 2. The fourth-order valence-corrected chi connectivity index (χ4v) is 2.11. The summed E-state index contributed by atoms with van der Waals surface area (Å²) in [7, 11) is 0. The molecule has 0 spiro atoms. The van der Waals surface area contributed by atoms with E-state index in [1.807, 2.05) is 50.2 Å². The molecule has 0 bridgehead atoms. The maximum Gasteiger partial charge on any atom is 0.319 e. The smallest absolute Gasteiger partial charge is 0.319 e. The number of nitrogens with one attached hydrogen (secondary N) is 3. The second-order valence-corrected chi connectivity index (χ2v) is 5.61. The Balaban J connectivity index is 1.89. The molecule has 0 unspecified atom stereocenters. The molecule has 2 rings (SSSR count). The number of carbonyl (C=O) groups is 1. The van der Waals surface area contributed by atoms with Gasteiger partial charge in [-0.2, -0.15) is 0 Å². The van der Waals surface area contributed by atoms with Gasteiger partial charge in [-0.3, -0.25) is 0 Å². The summed E-state index contributed by atoms with van der Waals surface area (Å²) in [4.78, 5) is 11.6. The van der Waals surface area contributed by atoms with Crippen LogP contribution in [0.3, 0.4) is 0 Å². The zero-order valence-electron chi connectivity index (χ0n) is 13.3. The van der Waals surface area contributed by atoms with Gasteiger partial charge in [-0.05, 0) is 56.2 Å². The summed E-state index contributed by atoms with van der Waals surface area (Å²) in [5.74, 6) is 0. The summed E-state index contributed by atoms with van der Waals surface area (Å²) in [5, 5.41) is 8.98. The van der Waals surface area contributed by atoms with Gasteiger partial charge in [0, 0.05) is 24.0 Å². The first-order chi connectivity index (χ1) is 10.5. The monoisotopic (exact) mass is 297 g/mol. The third-order valence-electron chi connectivity index (χ3n) is 3.31. The Bertz CT molecular complexity index is 620. The van der Waals surface area contributed by atoms with Gasteiger partial charge in [0.05, 0.1) is 0 Å². The SMILES string of the molecule is Cc1ccccc1CNc1ccc(NC(=O)NC(C)C)cc1. The van der Waals surface area contributed by atoms with Crippen molar-refractivity contribution in [3.63, 3.8) is 0 Å². The highest BCUT2D eigenvalue weighted by Gasteiger charge is 2.03. The molecule has 2 aromatic carbocycles. The lowest BCUT2D eigenvalue weighted by Crippen LogP contribution is -2.34. The van der Waals surface area contributed by atoms with Gasteiger partial charge in [-0.15, -0.1) is 0 Å². The van der Waals surface area contributed by atoms with Crippen molar-refractivity contribution in [2.75, 3.05) is 10.6 Å². The second kappa shape index (κ2) is 7.50. The summed E-state index contributed by atoms with van der Waals surface area (Å²) < 4.78 is 0. The number of carbonyl (C=O) groups excluding carboxylic acids is 1. The fraction of sp³-hybridized carbons (Fsp3) is 0.278. The molecule has 4 nitrogen and oxygen atoms in total. The molecule has 0 saturated heterocycles. The van der Waals surface area contributed by atoms with Crippen LogP contribution in [-0.4, -0.2) is 12.1 Å². The highest BCUT2D eigenvalue weighted by molar-refractivity contribution is 5.89. The van der Waals surface area contributed by atoms with Gasteiger partial charge in [-0.25, -0.2) is 4.79 Å². The van der Waals surface area contributed by atoms with Crippen molar-refractivity contribution in [3.05, 3.63) is 59.7 Å². The summed E-state index contributed by atoms with van der Waals surface area (Å²) in [5.41, 5.74) is 4.36. The van der Waals surface area contributed by atoms with Crippen LogP contribution in [-0.2, 0) is 6.54 Å². The molecular formula is C18H23N3O. The van der Waals surface area contributed by atoms with E-state index in [4.69, 9.17) is 0 Å². The number of rotatable bonds is 5. The van der Waals surface area contributed by atoms with Crippen LogP contribution in [0.5, 0.6) is 0 Å². The van der Waals surface area contributed by atoms with E-state index in [-0.39, 0.29) is 12.1 Å². The van der Waals surface area contributed by atoms with Crippen LogP contribution in [0.4, 0.5) is 16.2 Å². The largest absolute Gasteiger partial charge is 0.381 e. The molecule has 4 heteroatoms. The molecule has 2 amide bonds. The Morgan fingerprint density at radius 1 is 1.00 bits per heavy atom. The number of hydrogen-bond donors (Lipinski definition) is 3. The van der Waals surface area contributed by atoms with E-state index in [1.165, 1.54) is 11.1 Å². The summed E-state index contributed by atoms with van der Waals surface area (Å²) in [6, 6.07) is 16.0. The van der Waals surface area contributed by atoms with Crippen LogP contribution in [0.15, 0.2) is 48.5 Å². The number of urea groups is 1. The summed E-state index contributed by atoms with van der Waals surface area (Å²) in [6.07, 6.45) is 0. The molecule has 0 heterocycles. The van der Waals surface area contributed by atoms with Crippen molar-refractivity contribution in [1.82, 2.24) is 5.32 Å². The maximum absolute atomic E-state index is 11.6. The maximum atomic E-state index is 11.6. The van der Waals surface area contributed by atoms with E-state index in [2.05, 4.69) is 35.0 Å². The normalized spacial score (nSPS) is 10.4. The predicted molar refractivity (Wildman–Crippen MR) is 92.2 cm³/mol. The van der Waals surface area contributed by atoms with Crippen molar-refractivity contribution in [1.29, 1.82) is 0 Å². The average Bonchev–Trinajstić information content (AvgIpc) is 2.47. The molecule has 3 N–H and O–H groups in total. The quantitative estimate of drug-likeness (QED) is 0.777. The second-order valence-electron chi connectivity index (χ2n) is 5.61. The molecule has 0 atom stereocenters. The Hall–Kier alpha value is -2.49. The molecule has 0 radical (unpaired) electrons. The van der Waals surface area contributed by atoms with Gasteiger partial charge in [-0.1, -0.05) is 24.3 Å². The van der Waals surface area contributed by atoms with Crippen molar-refractivity contribution in [2.24, 2.45) is 0 Å². The molecule has 0 saturated carbocycles. The highest BCUT2D eigenvalue weighted by atomic mass is 16.2. The molecule has 116 valence electrons. The van der Waals surface area contributed by atoms with Crippen molar-refractivity contribution < 1.29 is 4.79 Å². The Kier molecular flexibility index (Phi) is 5.42. The minimum absolute atomic E-state index is 0.120. The number of benzene rings is 2. The van der Waals surface area contributed by atoms with Crippen LogP contribution >= 0.6 is 0 Å². The van der Waals surface area contributed by atoms with Gasteiger partial charge in [0.1, 0.15) is 0 Å². The number of amides is 2. The lowest BCUT2D eigenvalue weighted by molar-refractivity contribution is 0.250. The van der Waals surface area contributed by atoms with E-state index >= 15 is 0 Å². The van der Waals surface area contributed by atoms with E-state index in [1.54, 1.807) is 0 Å². The standard InChI is InChI=1S/C18H23N3O/c1-13(2)20-18(22)21-17-10-8-16(9-11-17)19-12-15-7-5-4-6-14(15)3/h4-11,13,19H,12H2,1-3H3,(H2,20,21,22). The summed E-state index contributed by atoms with van der Waals surface area (Å²) >= 11 is 0. The third-order valence-corrected chi connectivity index (χ3v) is 3.31. The van der Waals surface area contributed by atoms with Gasteiger partial charge < -0.3 is 16.0 Å². The minimum atomic E-state index is -0.185. The lowest BCUT2D eigenvalue weighted by Gasteiger charge is -2.12. The summed E-state index contributed by atoms with van der Waals surface area (Å²) in [6.45, 7) is 6.75.